The predicted octanol–water partition coefficient (Wildman–Crippen LogP) is 4.09. The lowest BCUT2D eigenvalue weighted by atomic mass is 9.94. The van der Waals surface area contributed by atoms with Gasteiger partial charge in [0.25, 0.3) is 0 Å². The lowest BCUT2D eigenvalue weighted by Crippen LogP contribution is -2.72. The molecule has 0 bridgehead atoms. The highest BCUT2D eigenvalue weighted by molar-refractivity contribution is 7.94. The molecule has 0 aromatic heterocycles. The highest BCUT2D eigenvalue weighted by Crippen LogP contribution is 2.61. The van der Waals surface area contributed by atoms with E-state index in [4.69, 9.17) is 0 Å². The molecule has 2 nitrogen and oxygen atoms in total. The Kier molecular flexibility index (Phi) is 4.33. The molecule has 0 aliphatic heterocycles. The van der Waals surface area contributed by atoms with E-state index in [-0.39, 0.29) is 0 Å². The number of halogens is 12. The largest absolute Gasteiger partial charge is 0.364 e. The molecule has 0 heterocycles. The van der Waals surface area contributed by atoms with Crippen LogP contribution in [0, 0.1) is 0 Å². The lowest BCUT2D eigenvalue weighted by molar-refractivity contribution is -0.273. The Morgan fingerprint density at radius 3 is 1.11 bits per heavy atom. The number of sulfone groups is 1. The van der Waals surface area contributed by atoms with Gasteiger partial charge < -0.3 is 0 Å². The maximum absolute atomic E-state index is 14.5. The van der Waals surface area contributed by atoms with Crippen LogP contribution in [0.1, 0.15) is 0 Å². The first-order valence-corrected chi connectivity index (χ1v) is 8.04. The molecule has 0 amide bonds. The second-order valence-corrected chi connectivity index (χ2v) is 7.91. The zero-order valence-electron chi connectivity index (χ0n) is 12.2. The van der Waals surface area contributed by atoms with Gasteiger partial charge in [0, 0.05) is 0 Å². The van der Waals surface area contributed by atoms with Crippen LogP contribution in [0.2, 0.25) is 0 Å². The van der Waals surface area contributed by atoms with E-state index in [9.17, 15) is 61.1 Å². The number of hydrogen-bond donors (Lipinski definition) is 0. The minimum absolute atomic E-state index is 0.820. The lowest BCUT2D eigenvalue weighted by Gasteiger charge is -2.45. The molecule has 0 radical (unpaired) electrons. The molecule has 0 aromatic rings. The summed E-state index contributed by atoms with van der Waals surface area (Å²) in [5.74, 6) is -25.8. The Morgan fingerprint density at radius 1 is 0.593 bits per heavy atom. The fourth-order valence-corrected chi connectivity index (χ4v) is 4.30. The monoisotopic (exact) mass is 442 g/mol. The number of hydrogen-bond acceptors (Lipinski definition) is 2. The Labute approximate surface area is 142 Å². The van der Waals surface area contributed by atoms with Gasteiger partial charge in [0.1, 0.15) is 0 Å². The summed E-state index contributed by atoms with van der Waals surface area (Å²) >= 11 is 0. The molecule has 2 aliphatic carbocycles. The first-order valence-electron chi connectivity index (χ1n) is 6.56. The van der Waals surface area contributed by atoms with Crippen LogP contribution in [0.3, 0.4) is 0 Å². The maximum Gasteiger partial charge on any atom is 0.364 e. The molecule has 2 aliphatic rings. The number of allylic oxidation sites excluding steroid dienone is 2. The van der Waals surface area contributed by atoms with E-state index in [0.717, 1.165) is 0 Å². The predicted molar refractivity (Wildman–Crippen MR) is 64.5 cm³/mol. The van der Waals surface area contributed by atoms with E-state index in [1.165, 1.54) is 0 Å². The molecule has 15 heteroatoms. The molecule has 0 spiro atoms. The van der Waals surface area contributed by atoms with Crippen LogP contribution in [0.25, 0.3) is 0 Å². The van der Waals surface area contributed by atoms with Gasteiger partial charge in [-0.25, -0.2) is 26.0 Å². The Balaban J connectivity index is 2.82. The van der Waals surface area contributed by atoms with E-state index in [1.807, 2.05) is 0 Å². The number of rotatable bonds is 2. The van der Waals surface area contributed by atoms with E-state index in [2.05, 4.69) is 0 Å². The molecule has 27 heavy (non-hydrogen) atoms. The molecule has 0 fully saturated rings. The standard InChI is InChI=1S/C12H6F12O2S/c13-5-1-3-7(15,11(21,22)9(5,17)18)27(25,26)8(16)4-2-6(14)10(19,20)12(8,23)24/h1-6H. The molecule has 4 unspecified atom stereocenters. The average molecular weight is 442 g/mol. The molecular formula is C12H6F12O2S. The van der Waals surface area contributed by atoms with Crippen molar-refractivity contribution in [3.63, 3.8) is 0 Å². The molecule has 2 rings (SSSR count). The van der Waals surface area contributed by atoms with Gasteiger partial charge in [-0.1, -0.05) is 0 Å². The summed E-state index contributed by atoms with van der Waals surface area (Å²) in [5.41, 5.74) is 0. The summed E-state index contributed by atoms with van der Waals surface area (Å²) in [5, 5.41) is -12.2. The molecule has 156 valence electrons. The van der Waals surface area contributed by atoms with Crippen molar-refractivity contribution in [1.82, 2.24) is 0 Å². The van der Waals surface area contributed by atoms with Crippen molar-refractivity contribution >= 4 is 9.84 Å². The topological polar surface area (TPSA) is 34.1 Å². The molecule has 4 atom stereocenters. The van der Waals surface area contributed by atoms with Crippen molar-refractivity contribution in [2.45, 2.75) is 46.0 Å². The van der Waals surface area contributed by atoms with Gasteiger partial charge in [-0.15, -0.1) is 0 Å². The summed E-state index contributed by atoms with van der Waals surface area (Å²) in [6.07, 6.45) is -12.0. The van der Waals surface area contributed by atoms with Gasteiger partial charge >= 0.3 is 33.7 Å². The fourth-order valence-electron chi connectivity index (χ4n) is 2.40. The third-order valence-corrected chi connectivity index (χ3v) is 6.48. The van der Waals surface area contributed by atoms with Crippen LogP contribution in [0.5, 0.6) is 0 Å². The van der Waals surface area contributed by atoms with Gasteiger partial charge in [0.15, 0.2) is 12.3 Å². The van der Waals surface area contributed by atoms with Crippen LogP contribution in [-0.4, -0.2) is 54.5 Å². The first kappa shape index (κ1) is 21.9. The quantitative estimate of drug-likeness (QED) is 0.477. The SMILES string of the molecule is O=S(=O)(C1(F)C=CC(F)C(F)(F)C1(F)F)C1(F)C=CC(F)C(F)(F)C1(F)F. The van der Waals surface area contributed by atoms with Crippen molar-refractivity contribution < 1.29 is 61.1 Å². The van der Waals surface area contributed by atoms with Crippen LogP contribution < -0.4 is 0 Å². The summed E-state index contributed by atoms with van der Waals surface area (Å²) in [4.78, 5) is 0. The van der Waals surface area contributed by atoms with Crippen LogP contribution in [0.4, 0.5) is 52.7 Å². The van der Waals surface area contributed by atoms with Crippen molar-refractivity contribution in [2.24, 2.45) is 0 Å². The van der Waals surface area contributed by atoms with Gasteiger partial charge in [-0.2, -0.15) is 35.1 Å². The van der Waals surface area contributed by atoms with E-state index >= 15 is 0 Å². The summed E-state index contributed by atoms with van der Waals surface area (Å²) in [6, 6.07) is 0. The highest BCUT2D eigenvalue weighted by Gasteiger charge is 2.87. The normalized spacial score (nSPS) is 42.1. The van der Waals surface area contributed by atoms with E-state index in [0.29, 0.717) is 0 Å². The first-order chi connectivity index (χ1) is 11.8. The highest BCUT2D eigenvalue weighted by atomic mass is 32.2. The minimum Gasteiger partial charge on any atom is -0.236 e. The van der Waals surface area contributed by atoms with Gasteiger partial charge in [-0.3, -0.25) is 0 Å². The van der Waals surface area contributed by atoms with Crippen molar-refractivity contribution in [3.05, 3.63) is 24.3 Å². The van der Waals surface area contributed by atoms with Crippen molar-refractivity contribution in [3.8, 4) is 0 Å². The van der Waals surface area contributed by atoms with Crippen LogP contribution >= 0.6 is 0 Å². The zero-order valence-corrected chi connectivity index (χ0v) is 13.0. The molecule has 0 saturated carbocycles. The molecule has 0 N–H and O–H groups in total. The second kappa shape index (κ2) is 5.35. The van der Waals surface area contributed by atoms with Crippen molar-refractivity contribution in [1.29, 1.82) is 0 Å². The Morgan fingerprint density at radius 2 is 0.852 bits per heavy atom. The number of alkyl halides is 12. The average Bonchev–Trinajstić information content (AvgIpc) is 2.52. The third kappa shape index (κ3) is 2.14. The van der Waals surface area contributed by atoms with Gasteiger partial charge in [0.05, 0.1) is 0 Å². The Hall–Kier alpha value is -1.41. The zero-order chi connectivity index (χ0) is 21.5. The molecule has 0 saturated heterocycles. The second-order valence-electron chi connectivity index (χ2n) is 5.71. The van der Waals surface area contributed by atoms with E-state index in [1.54, 1.807) is 0 Å². The summed E-state index contributed by atoms with van der Waals surface area (Å²) < 4.78 is 187. The van der Waals surface area contributed by atoms with Crippen LogP contribution in [0.15, 0.2) is 24.3 Å². The smallest absolute Gasteiger partial charge is 0.236 e. The molecule has 0 aromatic carbocycles. The van der Waals surface area contributed by atoms with Gasteiger partial charge in [-0.05, 0) is 24.3 Å². The van der Waals surface area contributed by atoms with Crippen LogP contribution in [-0.2, 0) is 9.84 Å². The molecular weight excluding hydrogens is 436 g/mol. The van der Waals surface area contributed by atoms with Gasteiger partial charge in [0.2, 0.25) is 9.84 Å². The fraction of sp³-hybridized carbons (Fsp3) is 0.667. The third-order valence-electron chi connectivity index (χ3n) is 4.13. The summed E-state index contributed by atoms with van der Waals surface area (Å²) in [7, 11) is -7.69. The minimum atomic E-state index is -7.69. The maximum atomic E-state index is 14.5. The van der Waals surface area contributed by atoms with Crippen molar-refractivity contribution in [2.75, 3.05) is 0 Å². The summed E-state index contributed by atoms with van der Waals surface area (Å²) in [6.45, 7) is 0. The Bertz CT molecular complexity index is 743. The van der Waals surface area contributed by atoms with E-state index < -0.39 is 80.2 Å².